The van der Waals surface area contributed by atoms with Gasteiger partial charge >= 0.3 is 6.18 Å². The maximum atomic E-state index is 13.6. The lowest BCUT2D eigenvalue weighted by molar-refractivity contribution is -0.179. The number of halogens is 3. The summed E-state index contributed by atoms with van der Waals surface area (Å²) in [6.07, 6.45) is -4.65. The van der Waals surface area contributed by atoms with E-state index in [4.69, 9.17) is 5.11 Å². The highest BCUT2D eigenvalue weighted by molar-refractivity contribution is 5.95. The summed E-state index contributed by atoms with van der Waals surface area (Å²) in [6.45, 7) is -0.579. The van der Waals surface area contributed by atoms with Gasteiger partial charge in [-0.25, -0.2) is 0 Å². The number of benzene rings is 1. The van der Waals surface area contributed by atoms with Crippen LogP contribution in [0.5, 0.6) is 0 Å². The van der Waals surface area contributed by atoms with Gasteiger partial charge in [0.1, 0.15) is 11.9 Å². The Hall–Kier alpha value is -2.70. The van der Waals surface area contributed by atoms with Crippen LogP contribution in [-0.2, 0) is 4.79 Å². The average Bonchev–Trinajstić information content (AvgIpc) is 2.71. The minimum absolute atomic E-state index is 0.105. The fourth-order valence-corrected chi connectivity index (χ4v) is 4.04. The van der Waals surface area contributed by atoms with E-state index in [1.165, 1.54) is 6.20 Å². The average molecular weight is 421 g/mol. The first-order valence-electron chi connectivity index (χ1n) is 9.63. The Bertz CT molecular complexity index is 958. The number of hydrogen-bond donors (Lipinski definition) is 2. The van der Waals surface area contributed by atoms with Gasteiger partial charge < -0.3 is 15.1 Å². The van der Waals surface area contributed by atoms with E-state index >= 15 is 0 Å². The number of Topliss-reactive ketones (excluding diaryl/α,β-unsaturated/α-hetero) is 1. The molecule has 0 bridgehead atoms. The molecule has 0 radical (unpaired) electrons. The maximum absolute atomic E-state index is 13.6. The molecule has 0 amide bonds. The molecule has 1 unspecified atom stereocenters. The van der Waals surface area contributed by atoms with Gasteiger partial charge in [0.05, 0.1) is 29.7 Å². The van der Waals surface area contributed by atoms with E-state index in [0.29, 0.717) is 22.2 Å². The molecule has 1 aromatic carbocycles. The van der Waals surface area contributed by atoms with Crippen molar-refractivity contribution in [3.05, 3.63) is 36.0 Å². The monoisotopic (exact) mass is 421 g/mol. The Morgan fingerprint density at radius 3 is 2.77 bits per heavy atom. The van der Waals surface area contributed by atoms with Gasteiger partial charge in [0.25, 0.3) is 0 Å². The standard InChI is InChI=1S/C21H22F3N3O3/c22-21(23,24)15-6-13(7-16(29)8-17(30)12-28)10-27(11-15)19-4-3-14(9-25)20-18(19)2-1-5-26-20/h1-5,13,15,17,28,30H,6-8,10-12H2/t13-,15-,17?/m0/s1. The Balaban J connectivity index is 1.91. The van der Waals surface area contributed by atoms with Crippen molar-refractivity contribution in [2.75, 3.05) is 24.6 Å². The summed E-state index contributed by atoms with van der Waals surface area (Å²) >= 11 is 0. The number of ketones is 1. The van der Waals surface area contributed by atoms with Crippen LogP contribution in [0.25, 0.3) is 10.9 Å². The number of alkyl halides is 3. The Labute approximate surface area is 171 Å². The summed E-state index contributed by atoms with van der Waals surface area (Å²) in [6, 6.07) is 8.58. The second kappa shape index (κ2) is 8.98. The quantitative estimate of drug-likeness (QED) is 0.745. The Kier molecular flexibility index (Phi) is 6.58. The zero-order chi connectivity index (χ0) is 21.9. The van der Waals surface area contributed by atoms with Gasteiger partial charge in [0.15, 0.2) is 0 Å². The molecule has 6 nitrogen and oxygen atoms in total. The van der Waals surface area contributed by atoms with E-state index in [0.717, 1.165) is 0 Å². The zero-order valence-electron chi connectivity index (χ0n) is 16.1. The van der Waals surface area contributed by atoms with Crippen LogP contribution in [0.4, 0.5) is 18.9 Å². The largest absolute Gasteiger partial charge is 0.394 e. The van der Waals surface area contributed by atoms with Gasteiger partial charge in [-0.2, -0.15) is 18.4 Å². The molecule has 1 fully saturated rings. The molecule has 3 rings (SSSR count). The van der Waals surface area contributed by atoms with E-state index in [2.05, 4.69) is 4.98 Å². The minimum Gasteiger partial charge on any atom is -0.394 e. The van der Waals surface area contributed by atoms with Gasteiger partial charge in [-0.3, -0.25) is 9.78 Å². The molecule has 1 aliphatic rings. The first kappa shape index (κ1) is 22.0. The third-order valence-corrected chi connectivity index (χ3v) is 5.40. The zero-order valence-corrected chi connectivity index (χ0v) is 16.1. The topological polar surface area (TPSA) is 97.5 Å². The number of fused-ring (bicyclic) bond motifs is 1. The molecule has 1 aliphatic heterocycles. The summed E-state index contributed by atoms with van der Waals surface area (Å²) in [7, 11) is 0. The number of rotatable bonds is 6. The number of aliphatic hydroxyl groups excluding tert-OH is 2. The number of pyridine rings is 1. The van der Waals surface area contributed by atoms with Crippen LogP contribution >= 0.6 is 0 Å². The fourth-order valence-electron chi connectivity index (χ4n) is 4.04. The van der Waals surface area contributed by atoms with Crippen molar-refractivity contribution in [1.82, 2.24) is 4.98 Å². The second-order valence-electron chi connectivity index (χ2n) is 7.67. The van der Waals surface area contributed by atoms with Crippen LogP contribution in [0.15, 0.2) is 30.5 Å². The Morgan fingerprint density at radius 2 is 2.10 bits per heavy atom. The van der Waals surface area contributed by atoms with Gasteiger partial charge in [0, 0.05) is 43.2 Å². The molecule has 160 valence electrons. The third kappa shape index (κ3) is 4.89. The highest BCUT2D eigenvalue weighted by Crippen LogP contribution is 2.40. The number of carbonyl (C=O) groups is 1. The first-order chi connectivity index (χ1) is 14.2. The lowest BCUT2D eigenvalue weighted by atomic mass is 9.84. The smallest absolute Gasteiger partial charge is 0.393 e. The van der Waals surface area contributed by atoms with Crippen molar-refractivity contribution in [2.45, 2.75) is 31.5 Å². The normalized spacial score (nSPS) is 20.7. The molecular weight excluding hydrogens is 399 g/mol. The molecule has 3 atom stereocenters. The number of carbonyl (C=O) groups excluding carboxylic acids is 1. The molecular formula is C21H22F3N3O3. The minimum atomic E-state index is -4.41. The van der Waals surface area contributed by atoms with Crippen LogP contribution in [0.1, 0.15) is 24.8 Å². The first-order valence-corrected chi connectivity index (χ1v) is 9.63. The van der Waals surface area contributed by atoms with E-state index in [9.17, 15) is 28.3 Å². The Morgan fingerprint density at radius 1 is 1.33 bits per heavy atom. The van der Waals surface area contributed by atoms with Crippen LogP contribution < -0.4 is 4.90 Å². The van der Waals surface area contributed by atoms with Crippen LogP contribution in [0.3, 0.4) is 0 Å². The van der Waals surface area contributed by atoms with E-state index < -0.39 is 30.7 Å². The van der Waals surface area contributed by atoms with E-state index in [1.54, 1.807) is 29.2 Å². The van der Waals surface area contributed by atoms with Crippen molar-refractivity contribution in [2.24, 2.45) is 11.8 Å². The number of piperidine rings is 1. The molecule has 2 aromatic rings. The van der Waals surface area contributed by atoms with Gasteiger partial charge in [-0.05, 0) is 36.6 Å². The summed E-state index contributed by atoms with van der Waals surface area (Å²) in [5, 5.41) is 28.2. The van der Waals surface area contributed by atoms with Gasteiger partial charge in [0.2, 0.25) is 0 Å². The number of nitriles is 1. The molecule has 2 heterocycles. The maximum Gasteiger partial charge on any atom is 0.393 e. The van der Waals surface area contributed by atoms with Crippen molar-refractivity contribution in [3.63, 3.8) is 0 Å². The number of aliphatic hydroxyl groups is 2. The highest BCUT2D eigenvalue weighted by atomic mass is 19.4. The van der Waals surface area contributed by atoms with Crippen molar-refractivity contribution >= 4 is 22.4 Å². The number of aromatic nitrogens is 1. The molecule has 0 saturated carbocycles. The fraction of sp³-hybridized carbons (Fsp3) is 0.476. The SMILES string of the molecule is N#Cc1ccc(N2C[C@H](CC(=O)CC(O)CO)C[C@H](C(F)(F)F)C2)c2cccnc12. The second-order valence-corrected chi connectivity index (χ2v) is 7.67. The molecule has 0 aliphatic carbocycles. The molecule has 30 heavy (non-hydrogen) atoms. The predicted molar refractivity (Wildman–Crippen MR) is 104 cm³/mol. The number of hydrogen-bond acceptors (Lipinski definition) is 6. The van der Waals surface area contributed by atoms with Crippen molar-refractivity contribution in [1.29, 1.82) is 5.26 Å². The molecule has 0 spiro atoms. The van der Waals surface area contributed by atoms with E-state index in [1.807, 2.05) is 6.07 Å². The summed E-state index contributed by atoms with van der Waals surface area (Å²) < 4.78 is 40.8. The van der Waals surface area contributed by atoms with Crippen molar-refractivity contribution < 1.29 is 28.2 Å². The van der Waals surface area contributed by atoms with E-state index in [-0.39, 0.29) is 38.1 Å². The van der Waals surface area contributed by atoms with Crippen LogP contribution in [0, 0.1) is 23.2 Å². The lowest BCUT2D eigenvalue weighted by Gasteiger charge is -2.40. The molecule has 1 aromatic heterocycles. The number of nitrogens with zero attached hydrogens (tertiary/aromatic N) is 3. The van der Waals surface area contributed by atoms with Crippen LogP contribution in [0.2, 0.25) is 0 Å². The predicted octanol–water partition coefficient (Wildman–Crippen LogP) is 2.81. The highest BCUT2D eigenvalue weighted by Gasteiger charge is 2.45. The number of anilines is 1. The summed E-state index contributed by atoms with van der Waals surface area (Å²) in [5.41, 5.74) is 1.30. The van der Waals surface area contributed by atoms with Crippen LogP contribution in [-0.4, -0.2) is 53.0 Å². The molecule has 9 heteroatoms. The van der Waals surface area contributed by atoms with Gasteiger partial charge in [-0.15, -0.1) is 0 Å². The summed E-state index contributed by atoms with van der Waals surface area (Å²) in [4.78, 5) is 18.0. The molecule has 1 saturated heterocycles. The third-order valence-electron chi connectivity index (χ3n) is 5.40. The summed E-state index contributed by atoms with van der Waals surface area (Å²) in [5.74, 6) is -2.53. The molecule has 2 N–H and O–H groups in total. The van der Waals surface area contributed by atoms with Gasteiger partial charge in [-0.1, -0.05) is 0 Å². The lowest BCUT2D eigenvalue weighted by Crippen LogP contribution is -2.46. The van der Waals surface area contributed by atoms with Crippen molar-refractivity contribution in [3.8, 4) is 6.07 Å².